The first-order valence-corrected chi connectivity index (χ1v) is 17.6. The van der Waals surface area contributed by atoms with E-state index in [1.165, 1.54) is 11.0 Å². The number of nitrogens with one attached hydrogen (secondary N) is 1. The van der Waals surface area contributed by atoms with E-state index in [1.54, 1.807) is 48.6 Å². The average molecular weight is 701 g/mol. The van der Waals surface area contributed by atoms with Crippen LogP contribution in [0.2, 0.25) is 0 Å². The van der Waals surface area contributed by atoms with Crippen molar-refractivity contribution in [2.24, 2.45) is 0 Å². The molecule has 0 saturated carbocycles. The Morgan fingerprint density at radius 2 is 1.53 bits per heavy atom. The monoisotopic (exact) mass is 700 g/mol. The van der Waals surface area contributed by atoms with Crippen molar-refractivity contribution < 1.29 is 32.5 Å². The Morgan fingerprint density at radius 3 is 2.22 bits per heavy atom. The van der Waals surface area contributed by atoms with Crippen LogP contribution in [0, 0.1) is 0 Å². The average Bonchev–Trinajstić information content (AvgIpc) is 3.15. The number of benzene rings is 4. The van der Waals surface area contributed by atoms with Gasteiger partial charge in [0.1, 0.15) is 35.1 Å². The van der Waals surface area contributed by atoms with E-state index in [4.69, 9.17) is 13.9 Å². The minimum Gasteiger partial charge on any atom is -0.489 e. The lowest BCUT2D eigenvalue weighted by atomic mass is 10.00. The van der Waals surface area contributed by atoms with Crippen molar-refractivity contribution in [3.05, 3.63) is 172 Å². The highest BCUT2D eigenvalue weighted by atomic mass is 32.2. The van der Waals surface area contributed by atoms with E-state index >= 15 is 0 Å². The fourth-order valence-corrected chi connectivity index (χ4v) is 7.78. The molecule has 1 saturated heterocycles. The summed E-state index contributed by atoms with van der Waals surface area (Å²) < 4.78 is 30.9. The SMILES string of the molecule is O=C(Cc1ccccc1)N[C@@H]1C(=O)N2C(C(=O)OC(c3ccccc3)c3ccccc3)=C(/C=C/COc3ccc4ccc(=O)oc4c3)CS(=O)[C@H]12. The number of allylic oxidation sites excluding steroid dienone is 1. The number of fused-ring (bicyclic) bond motifs is 2. The molecular formula is C40H32N2O8S. The van der Waals surface area contributed by atoms with Gasteiger partial charge in [0, 0.05) is 17.5 Å². The number of carbonyl (C=O) groups excluding carboxylic acids is 3. The van der Waals surface area contributed by atoms with Crippen LogP contribution in [0.1, 0.15) is 22.8 Å². The lowest BCUT2D eigenvalue weighted by Crippen LogP contribution is -2.73. The molecule has 0 bridgehead atoms. The second-order valence-corrected chi connectivity index (χ2v) is 13.5. The summed E-state index contributed by atoms with van der Waals surface area (Å²) in [5.41, 5.74) is 2.40. The summed E-state index contributed by atoms with van der Waals surface area (Å²) in [5, 5.41) is 2.52. The zero-order chi connectivity index (χ0) is 35.3. The summed E-state index contributed by atoms with van der Waals surface area (Å²) >= 11 is 0. The Labute approximate surface area is 295 Å². The van der Waals surface area contributed by atoms with Crippen molar-refractivity contribution in [2.75, 3.05) is 12.4 Å². The molecule has 1 unspecified atom stereocenters. The molecule has 1 N–H and O–H groups in total. The van der Waals surface area contributed by atoms with Crippen molar-refractivity contribution >= 4 is 39.6 Å². The lowest BCUT2D eigenvalue weighted by molar-refractivity contribution is -0.154. The third-order valence-corrected chi connectivity index (χ3v) is 10.2. The number of carbonyl (C=O) groups is 3. The van der Waals surface area contributed by atoms with Crippen molar-refractivity contribution in [1.29, 1.82) is 0 Å². The number of rotatable bonds is 11. The maximum absolute atomic E-state index is 14.2. The summed E-state index contributed by atoms with van der Waals surface area (Å²) in [6, 6.07) is 34.6. The van der Waals surface area contributed by atoms with Gasteiger partial charge in [0.15, 0.2) is 6.10 Å². The highest BCUT2D eigenvalue weighted by Gasteiger charge is 2.57. The smallest absolute Gasteiger partial charge is 0.356 e. The topological polar surface area (TPSA) is 132 Å². The Hall–Kier alpha value is -6.07. The minimum absolute atomic E-state index is 0.0428. The lowest BCUT2D eigenvalue weighted by Gasteiger charge is -2.49. The minimum atomic E-state index is -1.66. The third kappa shape index (κ3) is 7.29. The fraction of sp³-hybridized carbons (Fsp3) is 0.150. The molecule has 51 heavy (non-hydrogen) atoms. The van der Waals surface area contributed by atoms with Gasteiger partial charge in [-0.2, -0.15) is 0 Å². The molecule has 0 radical (unpaired) electrons. The van der Waals surface area contributed by atoms with Crippen LogP contribution < -0.4 is 15.7 Å². The molecule has 2 amide bonds. The Bertz CT molecular complexity index is 2200. The number of hydrogen-bond acceptors (Lipinski definition) is 8. The number of nitrogens with zero attached hydrogens (tertiary/aromatic N) is 1. The molecule has 11 heteroatoms. The molecule has 1 aromatic heterocycles. The number of β-lactam (4-membered cyclic amide) rings is 1. The normalized spacial score (nSPS) is 18.4. The molecule has 256 valence electrons. The highest BCUT2D eigenvalue weighted by Crippen LogP contribution is 2.37. The fourth-order valence-electron chi connectivity index (χ4n) is 6.14. The first kappa shape index (κ1) is 33.4. The summed E-state index contributed by atoms with van der Waals surface area (Å²) in [7, 11) is -1.66. The molecule has 7 rings (SSSR count). The van der Waals surface area contributed by atoms with E-state index < -0.39 is 51.7 Å². The van der Waals surface area contributed by atoms with Crippen LogP contribution in [-0.4, -0.2) is 50.7 Å². The Balaban J connectivity index is 1.16. The van der Waals surface area contributed by atoms with Crippen molar-refractivity contribution in [2.45, 2.75) is 23.9 Å². The molecule has 3 atom stereocenters. The van der Waals surface area contributed by atoms with Gasteiger partial charge in [0.25, 0.3) is 5.91 Å². The van der Waals surface area contributed by atoms with Gasteiger partial charge in [0.2, 0.25) is 5.91 Å². The quantitative estimate of drug-likeness (QED) is 0.116. The number of ether oxygens (including phenoxy) is 2. The predicted molar refractivity (Wildman–Crippen MR) is 191 cm³/mol. The van der Waals surface area contributed by atoms with Crippen molar-refractivity contribution in [3.63, 3.8) is 0 Å². The van der Waals surface area contributed by atoms with Gasteiger partial charge in [-0.15, -0.1) is 0 Å². The van der Waals surface area contributed by atoms with Crippen LogP contribution in [0.15, 0.2) is 154 Å². The zero-order valence-corrected chi connectivity index (χ0v) is 28.0. The summed E-state index contributed by atoms with van der Waals surface area (Å²) in [5.74, 6) is -1.35. The van der Waals surface area contributed by atoms with Gasteiger partial charge in [0.05, 0.1) is 23.0 Å². The molecule has 10 nitrogen and oxygen atoms in total. The van der Waals surface area contributed by atoms with Crippen LogP contribution in [0.4, 0.5) is 0 Å². The first-order valence-electron chi connectivity index (χ1n) is 16.3. The highest BCUT2D eigenvalue weighted by molar-refractivity contribution is 7.86. The number of esters is 1. The Kier molecular flexibility index (Phi) is 9.71. The maximum atomic E-state index is 14.2. The van der Waals surface area contributed by atoms with E-state index in [0.29, 0.717) is 16.9 Å². The van der Waals surface area contributed by atoms with E-state index in [-0.39, 0.29) is 24.5 Å². The van der Waals surface area contributed by atoms with Gasteiger partial charge in [-0.05, 0) is 46.5 Å². The van der Waals surface area contributed by atoms with E-state index in [0.717, 1.165) is 22.1 Å². The van der Waals surface area contributed by atoms with E-state index in [2.05, 4.69) is 5.32 Å². The van der Waals surface area contributed by atoms with Gasteiger partial charge < -0.3 is 19.2 Å². The molecular weight excluding hydrogens is 669 g/mol. The largest absolute Gasteiger partial charge is 0.489 e. The zero-order valence-electron chi connectivity index (χ0n) is 27.2. The van der Waals surface area contributed by atoms with Gasteiger partial charge >= 0.3 is 11.6 Å². The van der Waals surface area contributed by atoms with E-state index in [1.807, 2.05) is 78.9 Å². The van der Waals surface area contributed by atoms with Crippen LogP contribution in [-0.2, 0) is 36.3 Å². The summed E-state index contributed by atoms with van der Waals surface area (Å²) in [6.45, 7) is 0.0488. The van der Waals surface area contributed by atoms with Crippen LogP contribution in [0.3, 0.4) is 0 Å². The summed E-state index contributed by atoms with van der Waals surface area (Å²) in [6.07, 6.45) is 2.49. The standard InChI is InChI=1S/C40H32N2O8S/c43-33(23-26-11-4-1-5-12-26)41-35-38(45)42-36(40(46)50-37(28-13-6-2-7-14-28)29-15-8-3-9-16-29)30(25-51(47)39(35)42)17-10-22-48-31-20-18-27-19-21-34(44)49-32(27)24-31/h1-21,24,35,37,39H,22-23,25H2,(H,41,43)/b17-10+/t35-,39-,51?/m1/s1. The second-order valence-electron chi connectivity index (χ2n) is 12.0. The molecule has 0 spiro atoms. The number of hydrogen-bond donors (Lipinski definition) is 1. The molecule has 0 aliphatic carbocycles. The van der Waals surface area contributed by atoms with Crippen molar-refractivity contribution in [3.8, 4) is 5.75 Å². The van der Waals surface area contributed by atoms with Crippen LogP contribution in [0.25, 0.3) is 11.0 Å². The van der Waals surface area contributed by atoms with Crippen LogP contribution >= 0.6 is 0 Å². The molecule has 2 aliphatic rings. The Morgan fingerprint density at radius 1 is 0.882 bits per heavy atom. The maximum Gasteiger partial charge on any atom is 0.356 e. The van der Waals surface area contributed by atoms with Gasteiger partial charge in [-0.3, -0.25) is 18.7 Å². The first-order chi connectivity index (χ1) is 24.9. The molecule has 4 aromatic carbocycles. The van der Waals surface area contributed by atoms with E-state index in [9.17, 15) is 23.4 Å². The summed E-state index contributed by atoms with van der Waals surface area (Å²) in [4.78, 5) is 53.7. The van der Waals surface area contributed by atoms with Gasteiger partial charge in [-0.25, -0.2) is 9.59 Å². The third-order valence-electron chi connectivity index (χ3n) is 8.56. The van der Waals surface area contributed by atoms with Gasteiger partial charge in [-0.1, -0.05) is 97.1 Å². The predicted octanol–water partition coefficient (Wildman–Crippen LogP) is 4.97. The molecule has 5 aromatic rings. The molecule has 1 fully saturated rings. The van der Waals surface area contributed by atoms with Crippen molar-refractivity contribution in [1.82, 2.24) is 10.2 Å². The second kappa shape index (κ2) is 14.8. The molecule has 2 aliphatic heterocycles. The molecule has 3 heterocycles. The number of amides is 2. The van der Waals surface area contributed by atoms with Crippen LogP contribution in [0.5, 0.6) is 5.75 Å².